The zero-order chi connectivity index (χ0) is 9.10. The number of ether oxygens (including phenoxy) is 1. The van der Waals surface area contributed by atoms with E-state index in [1.807, 2.05) is 41.8 Å². The summed E-state index contributed by atoms with van der Waals surface area (Å²) in [4.78, 5) is 0. The molecule has 1 nitrogen and oxygen atoms in total. The van der Waals surface area contributed by atoms with Gasteiger partial charge in [-0.3, -0.25) is 0 Å². The number of thiophene rings is 1. The van der Waals surface area contributed by atoms with Gasteiger partial charge in [-0.25, -0.2) is 0 Å². The lowest BCUT2D eigenvalue weighted by molar-refractivity contribution is 0.496. The zero-order valence-electron chi connectivity index (χ0n) is 7.36. The average Bonchev–Trinajstić information content (AvgIpc) is 2.62. The Morgan fingerprint density at radius 3 is 2.46 bits per heavy atom. The van der Waals surface area contributed by atoms with Crippen molar-refractivity contribution in [3.8, 4) is 10.8 Å². The fourth-order valence-corrected chi connectivity index (χ4v) is 1.64. The molecule has 66 valence electrons. The van der Waals surface area contributed by atoms with Gasteiger partial charge in [0.1, 0.15) is 5.75 Å². The average molecular weight is 190 g/mol. The maximum Gasteiger partial charge on any atom is 0.180 e. The fourth-order valence-electron chi connectivity index (χ4n) is 1.04. The molecule has 0 aliphatic carbocycles. The number of hydrogen-bond acceptors (Lipinski definition) is 2. The van der Waals surface area contributed by atoms with E-state index in [0.717, 1.165) is 10.8 Å². The SMILES string of the molecule is Cc1ccc(Oc2cccs2)cc1. The van der Waals surface area contributed by atoms with Gasteiger partial charge in [0.05, 0.1) is 0 Å². The van der Waals surface area contributed by atoms with Crippen molar-refractivity contribution in [1.29, 1.82) is 0 Å². The number of rotatable bonds is 2. The van der Waals surface area contributed by atoms with Gasteiger partial charge in [-0.2, -0.15) is 0 Å². The Labute approximate surface area is 81.6 Å². The van der Waals surface area contributed by atoms with Gasteiger partial charge in [-0.15, -0.1) is 11.3 Å². The molecule has 1 aromatic carbocycles. The first-order valence-electron chi connectivity index (χ1n) is 4.12. The summed E-state index contributed by atoms with van der Waals surface area (Å²) in [6.07, 6.45) is 0. The van der Waals surface area contributed by atoms with Gasteiger partial charge in [-0.1, -0.05) is 17.7 Å². The molecular formula is C11H10OS. The summed E-state index contributed by atoms with van der Waals surface area (Å²) in [5, 5.41) is 2.94. The predicted octanol–water partition coefficient (Wildman–Crippen LogP) is 3.85. The predicted molar refractivity (Wildman–Crippen MR) is 55.6 cm³/mol. The van der Waals surface area contributed by atoms with Gasteiger partial charge >= 0.3 is 0 Å². The second-order valence-corrected chi connectivity index (χ2v) is 3.76. The molecule has 0 atom stereocenters. The highest BCUT2D eigenvalue weighted by Gasteiger charge is 1.95. The molecule has 0 unspecified atom stereocenters. The highest BCUT2D eigenvalue weighted by atomic mass is 32.1. The van der Waals surface area contributed by atoms with Crippen molar-refractivity contribution in [3.63, 3.8) is 0 Å². The maximum absolute atomic E-state index is 5.59. The van der Waals surface area contributed by atoms with E-state index >= 15 is 0 Å². The van der Waals surface area contributed by atoms with Gasteiger partial charge < -0.3 is 4.74 Å². The van der Waals surface area contributed by atoms with E-state index in [4.69, 9.17) is 4.74 Å². The summed E-state index contributed by atoms with van der Waals surface area (Å²) >= 11 is 1.60. The molecule has 1 aromatic heterocycles. The van der Waals surface area contributed by atoms with Crippen LogP contribution in [0.3, 0.4) is 0 Å². The summed E-state index contributed by atoms with van der Waals surface area (Å²) in [7, 11) is 0. The summed E-state index contributed by atoms with van der Waals surface area (Å²) in [5.41, 5.74) is 1.25. The van der Waals surface area contributed by atoms with Crippen molar-refractivity contribution >= 4 is 11.3 Å². The Bertz CT molecular complexity index is 361. The van der Waals surface area contributed by atoms with E-state index in [2.05, 4.69) is 6.92 Å². The summed E-state index contributed by atoms with van der Waals surface area (Å²) in [6.45, 7) is 2.06. The van der Waals surface area contributed by atoms with Crippen LogP contribution in [0.4, 0.5) is 0 Å². The van der Waals surface area contributed by atoms with Crippen LogP contribution in [0.15, 0.2) is 41.8 Å². The van der Waals surface area contributed by atoms with Crippen LogP contribution >= 0.6 is 11.3 Å². The molecule has 0 amide bonds. The molecule has 0 N–H and O–H groups in total. The Morgan fingerprint density at radius 2 is 1.85 bits per heavy atom. The van der Waals surface area contributed by atoms with Crippen molar-refractivity contribution < 1.29 is 4.74 Å². The van der Waals surface area contributed by atoms with Crippen LogP contribution < -0.4 is 4.74 Å². The largest absolute Gasteiger partial charge is 0.447 e. The molecule has 2 heteroatoms. The van der Waals surface area contributed by atoms with E-state index in [9.17, 15) is 0 Å². The van der Waals surface area contributed by atoms with Gasteiger partial charge in [-0.05, 0) is 36.6 Å². The normalized spacial score (nSPS) is 9.92. The van der Waals surface area contributed by atoms with Crippen LogP contribution in [-0.4, -0.2) is 0 Å². The van der Waals surface area contributed by atoms with Crippen molar-refractivity contribution in [3.05, 3.63) is 47.3 Å². The van der Waals surface area contributed by atoms with Crippen LogP contribution in [0.5, 0.6) is 10.8 Å². The third kappa shape index (κ3) is 2.10. The van der Waals surface area contributed by atoms with Gasteiger partial charge in [0, 0.05) is 0 Å². The topological polar surface area (TPSA) is 9.23 Å². The maximum atomic E-state index is 5.59. The highest BCUT2D eigenvalue weighted by Crippen LogP contribution is 2.25. The highest BCUT2D eigenvalue weighted by molar-refractivity contribution is 7.11. The van der Waals surface area contributed by atoms with Crippen molar-refractivity contribution in [2.75, 3.05) is 0 Å². The van der Waals surface area contributed by atoms with E-state index in [-0.39, 0.29) is 0 Å². The quantitative estimate of drug-likeness (QED) is 0.699. The van der Waals surface area contributed by atoms with Crippen molar-refractivity contribution in [1.82, 2.24) is 0 Å². The van der Waals surface area contributed by atoms with Crippen LogP contribution in [0.25, 0.3) is 0 Å². The summed E-state index contributed by atoms with van der Waals surface area (Å²) < 4.78 is 5.59. The van der Waals surface area contributed by atoms with Gasteiger partial charge in [0.15, 0.2) is 5.06 Å². The molecule has 0 aliphatic heterocycles. The minimum atomic E-state index is 0.896. The Balaban J connectivity index is 2.15. The monoisotopic (exact) mass is 190 g/mol. The van der Waals surface area contributed by atoms with Crippen molar-refractivity contribution in [2.24, 2.45) is 0 Å². The van der Waals surface area contributed by atoms with E-state index in [1.165, 1.54) is 5.56 Å². The molecule has 0 radical (unpaired) electrons. The molecule has 0 fully saturated rings. The third-order valence-electron chi connectivity index (χ3n) is 1.73. The second kappa shape index (κ2) is 3.62. The smallest absolute Gasteiger partial charge is 0.180 e. The zero-order valence-corrected chi connectivity index (χ0v) is 8.17. The van der Waals surface area contributed by atoms with Crippen LogP contribution in [0, 0.1) is 6.92 Å². The lowest BCUT2D eigenvalue weighted by atomic mass is 10.2. The Kier molecular flexibility index (Phi) is 2.32. The van der Waals surface area contributed by atoms with Gasteiger partial charge in [0.25, 0.3) is 0 Å². The van der Waals surface area contributed by atoms with E-state index in [0.29, 0.717) is 0 Å². The Hall–Kier alpha value is -1.28. The first kappa shape index (κ1) is 8.32. The molecule has 0 saturated carbocycles. The standard InChI is InChI=1S/C11H10OS/c1-9-4-6-10(7-5-9)12-11-3-2-8-13-11/h2-8H,1H3. The first-order valence-corrected chi connectivity index (χ1v) is 5.00. The summed E-state index contributed by atoms with van der Waals surface area (Å²) in [5.74, 6) is 0.896. The molecule has 2 rings (SSSR count). The first-order chi connectivity index (χ1) is 6.34. The fraction of sp³-hybridized carbons (Fsp3) is 0.0909. The summed E-state index contributed by atoms with van der Waals surface area (Å²) in [6, 6.07) is 12.0. The lowest BCUT2D eigenvalue weighted by Crippen LogP contribution is -1.79. The second-order valence-electron chi connectivity index (χ2n) is 2.85. The lowest BCUT2D eigenvalue weighted by Gasteiger charge is -2.01. The molecule has 2 aromatic rings. The van der Waals surface area contributed by atoms with Gasteiger partial charge in [0.2, 0.25) is 0 Å². The molecule has 1 heterocycles. The number of aryl methyl sites for hydroxylation is 1. The van der Waals surface area contributed by atoms with Crippen LogP contribution in [0.1, 0.15) is 5.56 Å². The molecule has 0 saturated heterocycles. The molecule has 0 aliphatic rings. The molecule has 0 bridgehead atoms. The van der Waals surface area contributed by atoms with Crippen LogP contribution in [0.2, 0.25) is 0 Å². The third-order valence-corrected chi connectivity index (χ3v) is 2.48. The number of hydrogen-bond donors (Lipinski definition) is 0. The number of benzene rings is 1. The minimum Gasteiger partial charge on any atom is -0.447 e. The minimum absolute atomic E-state index is 0.896. The van der Waals surface area contributed by atoms with E-state index in [1.54, 1.807) is 11.3 Å². The van der Waals surface area contributed by atoms with E-state index < -0.39 is 0 Å². The molecule has 13 heavy (non-hydrogen) atoms. The molecule has 0 spiro atoms. The van der Waals surface area contributed by atoms with Crippen molar-refractivity contribution in [2.45, 2.75) is 6.92 Å². The Morgan fingerprint density at radius 1 is 1.08 bits per heavy atom. The molecular weight excluding hydrogens is 180 g/mol. The van der Waals surface area contributed by atoms with Crippen LogP contribution in [-0.2, 0) is 0 Å².